The van der Waals surface area contributed by atoms with Gasteiger partial charge < -0.3 is 5.32 Å². The normalized spacial score (nSPS) is 23.1. The summed E-state index contributed by atoms with van der Waals surface area (Å²) in [5.41, 5.74) is 1.39. The molecule has 21 heavy (non-hydrogen) atoms. The Labute approximate surface area is 135 Å². The molecule has 3 nitrogen and oxygen atoms in total. The SMILES string of the molecule is CC1CN(Cc2ccccc2)CCC1Nc1nc(Cl)cs1. The number of benzene rings is 1. The topological polar surface area (TPSA) is 28.2 Å². The molecule has 2 aromatic rings. The Morgan fingerprint density at radius 3 is 2.86 bits per heavy atom. The van der Waals surface area contributed by atoms with Crippen molar-refractivity contribution in [3.8, 4) is 0 Å². The summed E-state index contributed by atoms with van der Waals surface area (Å²) in [7, 11) is 0. The zero-order chi connectivity index (χ0) is 14.7. The number of nitrogens with one attached hydrogen (secondary N) is 1. The highest BCUT2D eigenvalue weighted by atomic mass is 35.5. The van der Waals surface area contributed by atoms with Gasteiger partial charge in [-0.1, -0.05) is 48.9 Å². The number of rotatable bonds is 4. The second-order valence-corrected chi connectivity index (χ2v) is 6.96. The van der Waals surface area contributed by atoms with Gasteiger partial charge in [-0.05, 0) is 17.9 Å². The second-order valence-electron chi connectivity index (χ2n) is 5.71. The molecule has 0 spiro atoms. The van der Waals surface area contributed by atoms with Crippen LogP contribution in [0.2, 0.25) is 5.15 Å². The summed E-state index contributed by atoms with van der Waals surface area (Å²) in [4.78, 5) is 6.82. The lowest BCUT2D eigenvalue weighted by Crippen LogP contribution is -2.44. The maximum Gasteiger partial charge on any atom is 0.184 e. The van der Waals surface area contributed by atoms with Gasteiger partial charge >= 0.3 is 0 Å². The van der Waals surface area contributed by atoms with Crippen molar-refractivity contribution in [3.05, 3.63) is 46.4 Å². The summed E-state index contributed by atoms with van der Waals surface area (Å²) in [6.07, 6.45) is 1.14. The van der Waals surface area contributed by atoms with Crippen LogP contribution in [0.1, 0.15) is 18.9 Å². The van der Waals surface area contributed by atoms with Gasteiger partial charge in [0.05, 0.1) is 0 Å². The maximum absolute atomic E-state index is 5.88. The summed E-state index contributed by atoms with van der Waals surface area (Å²) in [5.74, 6) is 0.602. The van der Waals surface area contributed by atoms with Gasteiger partial charge in [-0.3, -0.25) is 4.90 Å². The first kappa shape index (κ1) is 14.8. The molecule has 1 N–H and O–H groups in total. The fourth-order valence-corrected chi connectivity index (χ4v) is 3.81. The Balaban J connectivity index is 1.54. The molecular weight excluding hydrogens is 302 g/mol. The molecule has 2 atom stereocenters. The Morgan fingerprint density at radius 1 is 1.38 bits per heavy atom. The number of nitrogens with zero attached hydrogens (tertiary/aromatic N) is 2. The molecule has 0 amide bonds. The molecule has 1 aliphatic rings. The lowest BCUT2D eigenvalue weighted by atomic mass is 9.93. The Hall–Kier alpha value is -1.10. The summed E-state index contributed by atoms with van der Waals surface area (Å²) >= 11 is 7.46. The third-order valence-corrected chi connectivity index (χ3v) is 5.12. The molecule has 2 heterocycles. The van der Waals surface area contributed by atoms with Crippen molar-refractivity contribution in [2.45, 2.75) is 25.9 Å². The summed E-state index contributed by atoms with van der Waals surface area (Å²) in [6.45, 7) is 5.59. The van der Waals surface area contributed by atoms with Crippen molar-refractivity contribution in [2.75, 3.05) is 18.4 Å². The third-order valence-electron chi connectivity index (χ3n) is 4.02. The molecule has 5 heteroatoms. The number of piperidine rings is 1. The predicted molar refractivity (Wildman–Crippen MR) is 90.0 cm³/mol. The van der Waals surface area contributed by atoms with Gasteiger partial charge in [-0.15, -0.1) is 11.3 Å². The van der Waals surface area contributed by atoms with Crippen LogP contribution in [0.5, 0.6) is 0 Å². The van der Waals surface area contributed by atoms with Crippen molar-refractivity contribution in [1.29, 1.82) is 0 Å². The first-order valence-electron chi connectivity index (χ1n) is 7.34. The van der Waals surface area contributed by atoms with E-state index in [1.54, 1.807) is 11.3 Å². The van der Waals surface area contributed by atoms with E-state index in [4.69, 9.17) is 11.6 Å². The van der Waals surface area contributed by atoms with Crippen LogP contribution >= 0.6 is 22.9 Å². The van der Waals surface area contributed by atoms with E-state index in [1.165, 1.54) is 5.56 Å². The van der Waals surface area contributed by atoms with E-state index >= 15 is 0 Å². The lowest BCUT2D eigenvalue weighted by Gasteiger charge is -2.37. The van der Waals surface area contributed by atoms with Gasteiger partial charge in [0.2, 0.25) is 0 Å². The molecule has 1 aromatic heterocycles. The predicted octanol–water partition coefficient (Wildman–Crippen LogP) is 4.12. The number of hydrogen-bond donors (Lipinski definition) is 1. The molecule has 1 aliphatic heterocycles. The van der Waals surface area contributed by atoms with Gasteiger partial charge in [0, 0.05) is 31.1 Å². The Bertz CT molecular complexity index is 572. The average Bonchev–Trinajstić information content (AvgIpc) is 2.88. The van der Waals surface area contributed by atoms with E-state index in [0.717, 1.165) is 31.2 Å². The number of likely N-dealkylation sites (tertiary alicyclic amines) is 1. The molecule has 3 rings (SSSR count). The molecule has 0 aliphatic carbocycles. The molecule has 112 valence electrons. The molecular formula is C16H20ClN3S. The van der Waals surface area contributed by atoms with Crippen LogP contribution in [0, 0.1) is 5.92 Å². The number of halogens is 1. The molecule has 0 bridgehead atoms. The molecule has 1 aromatic carbocycles. The number of hydrogen-bond acceptors (Lipinski definition) is 4. The van der Waals surface area contributed by atoms with Crippen molar-refractivity contribution < 1.29 is 0 Å². The van der Waals surface area contributed by atoms with Crippen LogP contribution < -0.4 is 5.32 Å². The van der Waals surface area contributed by atoms with Crippen LogP contribution in [-0.2, 0) is 6.54 Å². The van der Waals surface area contributed by atoms with Gasteiger partial charge in [0.1, 0.15) is 5.15 Å². The highest BCUT2D eigenvalue weighted by Crippen LogP contribution is 2.25. The quantitative estimate of drug-likeness (QED) is 0.918. The van der Waals surface area contributed by atoms with E-state index in [9.17, 15) is 0 Å². The minimum atomic E-state index is 0.485. The summed E-state index contributed by atoms with van der Waals surface area (Å²) in [5, 5.41) is 6.92. The van der Waals surface area contributed by atoms with Crippen LogP contribution in [0.4, 0.5) is 5.13 Å². The summed E-state index contributed by atoms with van der Waals surface area (Å²) < 4.78 is 0. The van der Waals surface area contributed by atoms with E-state index in [0.29, 0.717) is 17.1 Å². The number of anilines is 1. The zero-order valence-corrected chi connectivity index (χ0v) is 13.7. The van der Waals surface area contributed by atoms with Crippen LogP contribution in [0.15, 0.2) is 35.7 Å². The highest BCUT2D eigenvalue weighted by molar-refractivity contribution is 7.14. The number of thiazole rings is 1. The minimum Gasteiger partial charge on any atom is -0.358 e. The zero-order valence-electron chi connectivity index (χ0n) is 12.1. The first-order valence-corrected chi connectivity index (χ1v) is 8.60. The largest absolute Gasteiger partial charge is 0.358 e. The van der Waals surface area contributed by atoms with E-state index in [1.807, 2.05) is 5.38 Å². The summed E-state index contributed by atoms with van der Waals surface area (Å²) in [6, 6.07) is 11.2. The maximum atomic E-state index is 5.88. The monoisotopic (exact) mass is 321 g/mol. The van der Waals surface area contributed by atoms with E-state index in [2.05, 4.69) is 52.5 Å². The van der Waals surface area contributed by atoms with Crippen LogP contribution in [-0.4, -0.2) is 29.0 Å². The molecule has 1 fully saturated rings. The van der Waals surface area contributed by atoms with Gasteiger partial charge in [0.15, 0.2) is 5.13 Å². The highest BCUT2D eigenvalue weighted by Gasteiger charge is 2.26. The van der Waals surface area contributed by atoms with Gasteiger partial charge in [-0.25, -0.2) is 4.98 Å². The molecule has 2 unspecified atom stereocenters. The molecule has 1 saturated heterocycles. The Morgan fingerprint density at radius 2 is 2.19 bits per heavy atom. The van der Waals surface area contributed by atoms with Gasteiger partial charge in [-0.2, -0.15) is 0 Å². The minimum absolute atomic E-state index is 0.485. The van der Waals surface area contributed by atoms with Crippen molar-refractivity contribution >= 4 is 28.1 Å². The van der Waals surface area contributed by atoms with E-state index in [-0.39, 0.29) is 0 Å². The van der Waals surface area contributed by atoms with E-state index < -0.39 is 0 Å². The fraction of sp³-hybridized carbons (Fsp3) is 0.438. The van der Waals surface area contributed by atoms with Crippen LogP contribution in [0.25, 0.3) is 0 Å². The van der Waals surface area contributed by atoms with Crippen molar-refractivity contribution in [3.63, 3.8) is 0 Å². The van der Waals surface area contributed by atoms with Crippen molar-refractivity contribution in [2.24, 2.45) is 5.92 Å². The fourth-order valence-electron chi connectivity index (χ4n) is 2.91. The first-order chi connectivity index (χ1) is 10.2. The second kappa shape index (κ2) is 6.77. The third kappa shape index (κ3) is 3.96. The Kier molecular flexibility index (Phi) is 4.78. The molecule has 0 saturated carbocycles. The smallest absolute Gasteiger partial charge is 0.184 e. The molecule has 0 radical (unpaired) electrons. The van der Waals surface area contributed by atoms with Crippen molar-refractivity contribution in [1.82, 2.24) is 9.88 Å². The average molecular weight is 322 g/mol. The number of aromatic nitrogens is 1. The lowest BCUT2D eigenvalue weighted by molar-refractivity contribution is 0.164. The van der Waals surface area contributed by atoms with Gasteiger partial charge in [0.25, 0.3) is 0 Å². The van der Waals surface area contributed by atoms with Crippen LogP contribution in [0.3, 0.4) is 0 Å². The standard InChI is InChI=1S/C16H20ClN3S/c1-12-9-20(10-13-5-3-2-4-6-13)8-7-14(12)18-16-19-15(17)11-21-16/h2-6,11-12,14H,7-10H2,1H3,(H,18,19).